The molecule has 1 heterocycles. The molecular weight excluding hydrogens is 309 g/mol. The summed E-state index contributed by atoms with van der Waals surface area (Å²) in [4.78, 5) is 4.35. The number of hydrogen-bond donors (Lipinski definition) is 2. The third-order valence-electron chi connectivity index (χ3n) is 2.76. The summed E-state index contributed by atoms with van der Waals surface area (Å²) in [6.07, 6.45) is 2.60. The molecule has 0 aliphatic rings. The van der Waals surface area contributed by atoms with Gasteiger partial charge in [0.2, 0.25) is 5.95 Å². The van der Waals surface area contributed by atoms with Gasteiger partial charge in [-0.05, 0) is 30.5 Å². The molecular formula is C14H17Cl2N5. The van der Waals surface area contributed by atoms with Crippen LogP contribution in [0.4, 0.5) is 17.5 Å². The second-order valence-electron chi connectivity index (χ2n) is 5.03. The van der Waals surface area contributed by atoms with E-state index in [1.165, 1.54) is 0 Å². The normalized spacial score (nSPS) is 10.7. The zero-order chi connectivity index (χ0) is 15.2. The van der Waals surface area contributed by atoms with Gasteiger partial charge >= 0.3 is 0 Å². The van der Waals surface area contributed by atoms with Crippen LogP contribution < -0.4 is 10.6 Å². The van der Waals surface area contributed by atoms with E-state index in [0.717, 1.165) is 18.7 Å². The van der Waals surface area contributed by atoms with Gasteiger partial charge in [-0.1, -0.05) is 37.0 Å². The second-order valence-corrected chi connectivity index (χ2v) is 5.84. The maximum absolute atomic E-state index is 5.98. The molecule has 0 unspecified atom stereocenters. The zero-order valence-corrected chi connectivity index (χ0v) is 13.4. The van der Waals surface area contributed by atoms with Gasteiger partial charge in [0.25, 0.3) is 0 Å². The van der Waals surface area contributed by atoms with Gasteiger partial charge in [-0.3, -0.25) is 0 Å². The van der Waals surface area contributed by atoms with Crippen molar-refractivity contribution in [1.29, 1.82) is 0 Å². The Labute approximate surface area is 134 Å². The lowest BCUT2D eigenvalue weighted by atomic mass is 10.1. The second kappa shape index (κ2) is 7.43. The van der Waals surface area contributed by atoms with Crippen molar-refractivity contribution in [3.8, 4) is 0 Å². The Morgan fingerprint density at radius 1 is 1.19 bits per heavy atom. The minimum Gasteiger partial charge on any atom is -0.353 e. The van der Waals surface area contributed by atoms with E-state index < -0.39 is 0 Å². The molecule has 0 saturated carbocycles. The summed E-state index contributed by atoms with van der Waals surface area (Å²) in [5, 5.41) is 15.1. The first-order valence-corrected chi connectivity index (χ1v) is 7.46. The average Bonchev–Trinajstić information content (AvgIpc) is 2.43. The van der Waals surface area contributed by atoms with Crippen molar-refractivity contribution in [3.05, 3.63) is 34.4 Å². The highest BCUT2D eigenvalue weighted by molar-refractivity contribution is 6.42. The quantitative estimate of drug-likeness (QED) is 0.825. The molecule has 1 aromatic heterocycles. The van der Waals surface area contributed by atoms with E-state index in [1.54, 1.807) is 18.3 Å². The third-order valence-corrected chi connectivity index (χ3v) is 3.49. The van der Waals surface area contributed by atoms with Gasteiger partial charge in [0, 0.05) is 12.2 Å². The molecule has 5 nitrogen and oxygen atoms in total. The van der Waals surface area contributed by atoms with Crippen molar-refractivity contribution < 1.29 is 0 Å². The van der Waals surface area contributed by atoms with Crippen LogP contribution in [0.25, 0.3) is 0 Å². The first-order chi connectivity index (χ1) is 10.0. The molecule has 0 spiro atoms. The van der Waals surface area contributed by atoms with E-state index in [4.69, 9.17) is 23.2 Å². The lowest BCUT2D eigenvalue weighted by Crippen LogP contribution is -2.09. The fourth-order valence-corrected chi connectivity index (χ4v) is 1.93. The molecule has 0 aliphatic heterocycles. The molecule has 0 bridgehead atoms. The predicted octanol–water partition coefficient (Wildman–Crippen LogP) is 4.38. The zero-order valence-electron chi connectivity index (χ0n) is 11.9. The number of aromatic nitrogens is 3. The van der Waals surface area contributed by atoms with Gasteiger partial charge in [0.1, 0.15) is 0 Å². The van der Waals surface area contributed by atoms with Crippen LogP contribution in [0.3, 0.4) is 0 Å². The van der Waals surface area contributed by atoms with Crippen molar-refractivity contribution in [3.63, 3.8) is 0 Å². The minimum atomic E-state index is 0.485. The van der Waals surface area contributed by atoms with E-state index in [2.05, 4.69) is 39.7 Å². The number of halogens is 2. The lowest BCUT2D eigenvalue weighted by molar-refractivity contribution is 0.605. The Balaban J connectivity index is 2.01. The number of nitrogens with zero attached hydrogens (tertiary/aromatic N) is 3. The lowest BCUT2D eigenvalue weighted by Gasteiger charge is -2.09. The van der Waals surface area contributed by atoms with Gasteiger partial charge < -0.3 is 10.6 Å². The van der Waals surface area contributed by atoms with Gasteiger partial charge in [0.15, 0.2) is 5.82 Å². The van der Waals surface area contributed by atoms with Crippen molar-refractivity contribution >= 4 is 40.7 Å². The average molecular weight is 326 g/mol. The summed E-state index contributed by atoms with van der Waals surface area (Å²) in [7, 11) is 0. The number of anilines is 3. The highest BCUT2D eigenvalue weighted by atomic mass is 35.5. The molecule has 0 aliphatic carbocycles. The molecule has 0 saturated heterocycles. The molecule has 2 aromatic rings. The molecule has 0 atom stereocenters. The highest BCUT2D eigenvalue weighted by Gasteiger charge is 2.03. The molecule has 7 heteroatoms. The SMILES string of the molecule is CC(C)CCNc1nncc(Nc2ccc(Cl)c(Cl)c2)n1. The maximum atomic E-state index is 5.98. The molecule has 2 N–H and O–H groups in total. The number of nitrogens with one attached hydrogen (secondary N) is 2. The fourth-order valence-electron chi connectivity index (χ4n) is 1.63. The van der Waals surface area contributed by atoms with Crippen molar-refractivity contribution in [1.82, 2.24) is 15.2 Å². The van der Waals surface area contributed by atoms with E-state index in [1.807, 2.05) is 6.07 Å². The van der Waals surface area contributed by atoms with E-state index in [-0.39, 0.29) is 0 Å². The minimum absolute atomic E-state index is 0.485. The molecule has 112 valence electrons. The van der Waals surface area contributed by atoms with Gasteiger partial charge in [-0.2, -0.15) is 10.1 Å². The van der Waals surface area contributed by atoms with Gasteiger partial charge in [-0.25, -0.2) is 0 Å². The fraction of sp³-hybridized carbons (Fsp3) is 0.357. The first kappa shape index (κ1) is 15.8. The summed E-state index contributed by atoms with van der Waals surface area (Å²) >= 11 is 11.9. The molecule has 0 amide bonds. The molecule has 2 rings (SSSR count). The number of benzene rings is 1. The Bertz CT molecular complexity index is 604. The van der Waals surface area contributed by atoms with Gasteiger partial charge in [-0.15, -0.1) is 5.10 Å². The number of hydrogen-bond acceptors (Lipinski definition) is 5. The van der Waals surface area contributed by atoms with Crippen LogP contribution >= 0.6 is 23.2 Å². The summed E-state index contributed by atoms with van der Waals surface area (Å²) in [5.74, 6) is 1.72. The van der Waals surface area contributed by atoms with E-state index >= 15 is 0 Å². The van der Waals surface area contributed by atoms with Crippen molar-refractivity contribution in [2.75, 3.05) is 17.2 Å². The summed E-state index contributed by atoms with van der Waals surface area (Å²) in [6, 6.07) is 5.28. The van der Waals surface area contributed by atoms with Crippen molar-refractivity contribution in [2.24, 2.45) is 5.92 Å². The summed E-state index contributed by atoms with van der Waals surface area (Å²) < 4.78 is 0. The van der Waals surface area contributed by atoms with E-state index in [0.29, 0.717) is 27.7 Å². The Hall–Kier alpha value is -1.59. The largest absolute Gasteiger partial charge is 0.353 e. The van der Waals surface area contributed by atoms with Gasteiger partial charge in [0.05, 0.1) is 16.2 Å². The van der Waals surface area contributed by atoms with Crippen LogP contribution in [0.2, 0.25) is 10.0 Å². The highest BCUT2D eigenvalue weighted by Crippen LogP contribution is 2.26. The predicted molar refractivity (Wildman–Crippen MR) is 87.5 cm³/mol. The summed E-state index contributed by atoms with van der Waals surface area (Å²) in [6.45, 7) is 5.15. The van der Waals surface area contributed by atoms with Crippen LogP contribution in [0.15, 0.2) is 24.4 Å². The Morgan fingerprint density at radius 3 is 2.71 bits per heavy atom. The van der Waals surface area contributed by atoms with E-state index in [9.17, 15) is 0 Å². The topological polar surface area (TPSA) is 62.7 Å². The van der Waals surface area contributed by atoms with Crippen LogP contribution in [0, 0.1) is 5.92 Å². The van der Waals surface area contributed by atoms with Crippen LogP contribution in [0.5, 0.6) is 0 Å². The van der Waals surface area contributed by atoms with Crippen LogP contribution in [-0.2, 0) is 0 Å². The molecule has 0 fully saturated rings. The molecule has 1 aromatic carbocycles. The maximum Gasteiger partial charge on any atom is 0.244 e. The third kappa shape index (κ3) is 5.02. The van der Waals surface area contributed by atoms with Crippen LogP contribution in [-0.4, -0.2) is 21.7 Å². The Morgan fingerprint density at radius 2 is 2.00 bits per heavy atom. The monoisotopic (exact) mass is 325 g/mol. The molecule has 0 radical (unpaired) electrons. The Kier molecular flexibility index (Phi) is 5.59. The standard InChI is InChI=1S/C14H17Cl2N5/c1-9(2)5-6-17-14-20-13(8-18-21-14)19-10-3-4-11(15)12(16)7-10/h3-4,7-9H,5-6H2,1-2H3,(H2,17,19,20,21). The first-order valence-electron chi connectivity index (χ1n) is 6.70. The van der Waals surface area contributed by atoms with Crippen molar-refractivity contribution in [2.45, 2.75) is 20.3 Å². The van der Waals surface area contributed by atoms with Crippen LogP contribution in [0.1, 0.15) is 20.3 Å². The number of rotatable bonds is 6. The molecule has 21 heavy (non-hydrogen) atoms. The summed E-state index contributed by atoms with van der Waals surface area (Å²) in [5.41, 5.74) is 0.790. The smallest absolute Gasteiger partial charge is 0.244 e.